The van der Waals surface area contributed by atoms with Gasteiger partial charge in [-0.05, 0) is 13.0 Å². The van der Waals surface area contributed by atoms with Gasteiger partial charge in [0.15, 0.2) is 11.0 Å². The van der Waals surface area contributed by atoms with E-state index in [1.165, 1.54) is 26.2 Å². The van der Waals surface area contributed by atoms with E-state index < -0.39 is 23.2 Å². The van der Waals surface area contributed by atoms with Crippen molar-refractivity contribution >= 4 is 46.7 Å². The molecule has 1 amide bonds. The topological polar surface area (TPSA) is 72.7 Å². The van der Waals surface area contributed by atoms with Crippen molar-refractivity contribution in [1.82, 2.24) is 19.7 Å². The van der Waals surface area contributed by atoms with Gasteiger partial charge in [-0.25, -0.2) is 4.98 Å². The zero-order chi connectivity index (χ0) is 18.1. The van der Waals surface area contributed by atoms with Crippen molar-refractivity contribution in [3.05, 3.63) is 28.1 Å². The number of pyridine rings is 1. The Labute approximate surface area is 148 Å². The van der Waals surface area contributed by atoms with Gasteiger partial charge in [0.05, 0.1) is 15.3 Å². The van der Waals surface area contributed by atoms with Crippen LogP contribution in [-0.2, 0) is 18.0 Å². The zero-order valence-corrected chi connectivity index (χ0v) is 14.6. The van der Waals surface area contributed by atoms with Crippen LogP contribution in [0.1, 0.15) is 12.7 Å². The Bertz CT molecular complexity index is 768. The van der Waals surface area contributed by atoms with Crippen LogP contribution in [0.3, 0.4) is 0 Å². The predicted octanol–water partition coefficient (Wildman–Crippen LogP) is 3.66. The molecule has 12 heteroatoms. The summed E-state index contributed by atoms with van der Waals surface area (Å²) < 4.78 is 38.8. The van der Waals surface area contributed by atoms with E-state index in [0.29, 0.717) is 5.02 Å². The van der Waals surface area contributed by atoms with Gasteiger partial charge < -0.3 is 9.88 Å². The highest BCUT2D eigenvalue weighted by molar-refractivity contribution is 8.00. The van der Waals surface area contributed by atoms with Crippen molar-refractivity contribution in [1.29, 1.82) is 0 Å². The maximum Gasteiger partial charge on any atom is 0.451 e. The molecule has 0 aliphatic rings. The number of nitrogens with zero attached hydrogens (tertiary/aromatic N) is 4. The fourth-order valence-electron chi connectivity index (χ4n) is 1.60. The number of hydrogen-bond donors (Lipinski definition) is 1. The highest BCUT2D eigenvalue weighted by Crippen LogP contribution is 2.31. The fraction of sp³-hybridized carbons (Fsp3) is 0.333. The third-order valence-electron chi connectivity index (χ3n) is 2.79. The molecule has 0 aliphatic heterocycles. The number of alkyl halides is 3. The monoisotopic (exact) mass is 399 g/mol. The van der Waals surface area contributed by atoms with E-state index in [4.69, 9.17) is 23.2 Å². The summed E-state index contributed by atoms with van der Waals surface area (Å²) in [6.45, 7) is 1.51. The van der Waals surface area contributed by atoms with E-state index in [0.717, 1.165) is 16.3 Å². The summed E-state index contributed by atoms with van der Waals surface area (Å²) in [5.41, 5.74) is 0. The maximum atomic E-state index is 12.7. The molecular formula is C12H10Cl2F3N5OS. The molecule has 0 aromatic carbocycles. The summed E-state index contributed by atoms with van der Waals surface area (Å²) in [6.07, 6.45) is -3.31. The number of rotatable bonds is 4. The van der Waals surface area contributed by atoms with Crippen LogP contribution in [0.4, 0.5) is 19.0 Å². The smallest absolute Gasteiger partial charge is 0.308 e. The molecule has 0 spiro atoms. The van der Waals surface area contributed by atoms with E-state index >= 15 is 0 Å². The zero-order valence-electron chi connectivity index (χ0n) is 12.2. The number of anilines is 1. The number of carbonyl (C=O) groups excluding carboxylic acids is 1. The van der Waals surface area contributed by atoms with Crippen LogP contribution in [0.25, 0.3) is 0 Å². The summed E-state index contributed by atoms with van der Waals surface area (Å²) >= 11 is 12.4. The molecule has 2 aromatic heterocycles. The van der Waals surface area contributed by atoms with Gasteiger partial charge in [0.25, 0.3) is 0 Å². The van der Waals surface area contributed by atoms with Crippen LogP contribution in [-0.4, -0.2) is 30.9 Å². The highest BCUT2D eigenvalue weighted by Gasteiger charge is 2.37. The molecule has 0 saturated carbocycles. The second-order valence-corrected chi connectivity index (χ2v) is 6.75. The molecule has 0 unspecified atom stereocenters. The van der Waals surface area contributed by atoms with Crippen molar-refractivity contribution in [3.8, 4) is 0 Å². The Morgan fingerprint density at radius 2 is 2.04 bits per heavy atom. The van der Waals surface area contributed by atoms with Crippen molar-refractivity contribution < 1.29 is 18.0 Å². The van der Waals surface area contributed by atoms with E-state index in [1.54, 1.807) is 0 Å². The minimum absolute atomic E-state index is 0.0415. The number of aromatic nitrogens is 4. The maximum absolute atomic E-state index is 12.7. The minimum atomic E-state index is -4.62. The number of hydrogen-bond acceptors (Lipinski definition) is 5. The van der Waals surface area contributed by atoms with Gasteiger partial charge in [-0.3, -0.25) is 4.79 Å². The van der Waals surface area contributed by atoms with Crippen LogP contribution in [0, 0.1) is 0 Å². The molecule has 1 N–H and O–H groups in total. The molecule has 2 heterocycles. The lowest BCUT2D eigenvalue weighted by Gasteiger charge is -2.12. The van der Waals surface area contributed by atoms with Crippen LogP contribution in [0.2, 0.25) is 10.0 Å². The predicted molar refractivity (Wildman–Crippen MR) is 84.2 cm³/mol. The first-order valence-corrected chi connectivity index (χ1v) is 7.98. The van der Waals surface area contributed by atoms with Crippen molar-refractivity contribution in [2.24, 2.45) is 7.05 Å². The number of nitrogens with one attached hydrogen (secondary N) is 1. The molecule has 2 aromatic rings. The molecule has 0 radical (unpaired) electrons. The quantitative estimate of drug-likeness (QED) is 0.794. The Balaban J connectivity index is 2.08. The van der Waals surface area contributed by atoms with Crippen LogP contribution >= 0.6 is 35.0 Å². The third kappa shape index (κ3) is 4.31. The summed E-state index contributed by atoms with van der Waals surface area (Å²) in [7, 11) is 1.17. The van der Waals surface area contributed by atoms with E-state index in [1.807, 2.05) is 0 Å². The normalized spacial score (nSPS) is 13.0. The average Bonchev–Trinajstić information content (AvgIpc) is 2.83. The van der Waals surface area contributed by atoms with Crippen molar-refractivity contribution in [3.63, 3.8) is 0 Å². The lowest BCUT2D eigenvalue weighted by Crippen LogP contribution is -2.23. The number of carbonyl (C=O) groups is 1. The molecular weight excluding hydrogens is 390 g/mol. The standard InChI is InChI=1S/C12H10Cl2F3N5OS/c1-5(9(23)19-8-7(14)3-6(13)4-18-8)24-11-21-20-10(22(11)2)12(15,16)17/h3-5H,1-2H3,(H,18,19,23)/t5-/m0/s1. The molecule has 1 atom stereocenters. The minimum Gasteiger partial charge on any atom is -0.308 e. The molecule has 0 bridgehead atoms. The van der Waals surface area contributed by atoms with Crippen LogP contribution < -0.4 is 5.32 Å². The first-order valence-electron chi connectivity index (χ1n) is 6.34. The van der Waals surface area contributed by atoms with E-state index in [2.05, 4.69) is 20.5 Å². The first kappa shape index (κ1) is 18.8. The summed E-state index contributed by atoms with van der Waals surface area (Å²) in [6, 6.07) is 1.40. The van der Waals surface area contributed by atoms with Gasteiger partial charge in [-0.15, -0.1) is 10.2 Å². The molecule has 0 fully saturated rings. The summed E-state index contributed by atoms with van der Waals surface area (Å²) in [5, 5.41) is 8.67. The Morgan fingerprint density at radius 3 is 2.58 bits per heavy atom. The van der Waals surface area contributed by atoms with Crippen LogP contribution in [0.5, 0.6) is 0 Å². The van der Waals surface area contributed by atoms with Crippen LogP contribution in [0.15, 0.2) is 17.4 Å². The number of amides is 1. The summed E-state index contributed by atoms with van der Waals surface area (Å²) in [5.74, 6) is -1.54. The molecule has 6 nitrogen and oxygen atoms in total. The van der Waals surface area contributed by atoms with E-state index in [9.17, 15) is 18.0 Å². The van der Waals surface area contributed by atoms with Gasteiger partial charge in [0.1, 0.15) is 0 Å². The molecule has 0 aliphatic carbocycles. The van der Waals surface area contributed by atoms with E-state index in [-0.39, 0.29) is 16.0 Å². The van der Waals surface area contributed by atoms with Gasteiger partial charge >= 0.3 is 6.18 Å². The Morgan fingerprint density at radius 1 is 1.38 bits per heavy atom. The Hall–Kier alpha value is -1.52. The second-order valence-electron chi connectivity index (χ2n) is 4.60. The van der Waals surface area contributed by atoms with Gasteiger partial charge in [0.2, 0.25) is 11.7 Å². The lowest BCUT2D eigenvalue weighted by molar-refractivity contribution is -0.147. The SMILES string of the molecule is C[C@H](Sc1nnc(C(F)(F)F)n1C)C(=O)Nc1ncc(Cl)cc1Cl. The first-order chi connectivity index (χ1) is 11.1. The third-order valence-corrected chi connectivity index (χ3v) is 4.42. The molecule has 130 valence electrons. The second kappa shape index (κ2) is 7.16. The molecule has 0 saturated heterocycles. The van der Waals surface area contributed by atoms with Gasteiger partial charge in [0, 0.05) is 13.2 Å². The Kier molecular flexibility index (Phi) is 5.61. The highest BCUT2D eigenvalue weighted by atomic mass is 35.5. The largest absolute Gasteiger partial charge is 0.451 e. The van der Waals surface area contributed by atoms with Gasteiger partial charge in [-0.1, -0.05) is 35.0 Å². The van der Waals surface area contributed by atoms with Crippen molar-refractivity contribution in [2.75, 3.05) is 5.32 Å². The van der Waals surface area contributed by atoms with Gasteiger partial charge in [-0.2, -0.15) is 13.2 Å². The lowest BCUT2D eigenvalue weighted by atomic mass is 10.4. The summed E-state index contributed by atoms with van der Waals surface area (Å²) in [4.78, 5) is 16.0. The molecule has 24 heavy (non-hydrogen) atoms. The number of thioether (sulfide) groups is 1. The average molecular weight is 400 g/mol. The van der Waals surface area contributed by atoms with Crippen molar-refractivity contribution in [2.45, 2.75) is 23.5 Å². The number of halogens is 5. The molecule has 2 rings (SSSR count). The fourth-order valence-corrected chi connectivity index (χ4v) is 2.84.